The number of rotatable bonds is 1. The van der Waals surface area contributed by atoms with Crippen LogP contribution in [-0.2, 0) is 5.41 Å². The molecule has 1 saturated carbocycles. The summed E-state index contributed by atoms with van der Waals surface area (Å²) >= 11 is 0. The molecule has 70 valence electrons. The fraction of sp³-hybridized carbons (Fsp3) is 0.500. The van der Waals surface area contributed by atoms with Crippen molar-refractivity contribution < 1.29 is 0 Å². The first-order chi connectivity index (χ1) is 6.01. The Morgan fingerprint density at radius 1 is 1.08 bits per heavy atom. The summed E-state index contributed by atoms with van der Waals surface area (Å²) in [7, 11) is 0. The second-order valence-electron chi connectivity index (χ2n) is 4.77. The molecule has 0 aromatic heterocycles. The average Bonchev–Trinajstić information content (AvgIpc) is 2.53. The highest BCUT2D eigenvalue weighted by atomic mass is 14.9. The lowest BCUT2D eigenvalue weighted by molar-refractivity contribution is 0.526. The molecule has 2 N–H and O–H groups in total. The Bertz CT molecular complexity index is 315. The summed E-state index contributed by atoms with van der Waals surface area (Å²) in [6, 6.07) is 10.9. The van der Waals surface area contributed by atoms with E-state index < -0.39 is 0 Å². The normalized spacial score (nSPS) is 35.8. The summed E-state index contributed by atoms with van der Waals surface area (Å²) in [6.45, 7) is 6.74. The zero-order valence-electron chi connectivity index (χ0n) is 8.54. The molecule has 2 unspecified atom stereocenters. The summed E-state index contributed by atoms with van der Waals surface area (Å²) in [6.07, 6.45) is 0. The molecule has 1 nitrogen and oxygen atoms in total. The minimum absolute atomic E-state index is 0.175. The van der Waals surface area contributed by atoms with Crippen molar-refractivity contribution in [1.82, 2.24) is 0 Å². The van der Waals surface area contributed by atoms with Crippen LogP contribution in [0.4, 0.5) is 0 Å². The number of nitrogens with two attached hydrogens (primary N) is 1. The second kappa shape index (κ2) is 2.36. The summed E-state index contributed by atoms with van der Waals surface area (Å²) in [5.41, 5.74) is 7.90. The molecule has 1 aromatic rings. The van der Waals surface area contributed by atoms with Crippen LogP contribution in [-0.4, -0.2) is 6.04 Å². The molecule has 0 radical (unpaired) electrons. The van der Waals surface area contributed by atoms with Gasteiger partial charge < -0.3 is 5.73 Å². The lowest BCUT2D eigenvalue weighted by atomic mass is 9.90. The maximum atomic E-state index is 6.11. The fourth-order valence-corrected chi connectivity index (χ4v) is 2.36. The van der Waals surface area contributed by atoms with Crippen molar-refractivity contribution in [3.8, 4) is 0 Å². The van der Waals surface area contributed by atoms with E-state index in [1.165, 1.54) is 5.56 Å². The van der Waals surface area contributed by atoms with Gasteiger partial charge in [0.1, 0.15) is 0 Å². The van der Waals surface area contributed by atoms with E-state index in [0.29, 0.717) is 6.04 Å². The van der Waals surface area contributed by atoms with Crippen LogP contribution >= 0.6 is 0 Å². The largest absolute Gasteiger partial charge is 0.326 e. The van der Waals surface area contributed by atoms with E-state index in [9.17, 15) is 0 Å². The Morgan fingerprint density at radius 2 is 1.54 bits per heavy atom. The fourth-order valence-electron chi connectivity index (χ4n) is 2.36. The van der Waals surface area contributed by atoms with Crippen LogP contribution in [0.3, 0.4) is 0 Å². The van der Waals surface area contributed by atoms with E-state index in [4.69, 9.17) is 5.73 Å². The molecule has 1 fully saturated rings. The number of hydrogen-bond donors (Lipinski definition) is 1. The topological polar surface area (TPSA) is 26.0 Å². The van der Waals surface area contributed by atoms with Crippen molar-refractivity contribution in [1.29, 1.82) is 0 Å². The molecule has 1 aromatic carbocycles. The monoisotopic (exact) mass is 175 g/mol. The predicted octanol–water partition coefficient (Wildman–Crippen LogP) is 2.31. The van der Waals surface area contributed by atoms with Crippen molar-refractivity contribution in [3.63, 3.8) is 0 Å². The van der Waals surface area contributed by atoms with Gasteiger partial charge in [0.15, 0.2) is 0 Å². The summed E-state index contributed by atoms with van der Waals surface area (Å²) in [5.74, 6) is 0. The van der Waals surface area contributed by atoms with Gasteiger partial charge in [-0.2, -0.15) is 0 Å². The lowest BCUT2D eigenvalue weighted by Gasteiger charge is -2.14. The lowest BCUT2D eigenvalue weighted by Crippen LogP contribution is -2.14. The summed E-state index contributed by atoms with van der Waals surface area (Å²) in [5, 5.41) is 0. The van der Waals surface area contributed by atoms with Crippen molar-refractivity contribution in [2.75, 3.05) is 0 Å². The van der Waals surface area contributed by atoms with E-state index in [2.05, 4.69) is 45.0 Å². The zero-order valence-corrected chi connectivity index (χ0v) is 8.54. The summed E-state index contributed by atoms with van der Waals surface area (Å²) in [4.78, 5) is 0. The molecule has 1 heteroatoms. The first-order valence-corrected chi connectivity index (χ1v) is 4.82. The van der Waals surface area contributed by atoms with Gasteiger partial charge in [0.2, 0.25) is 0 Å². The molecule has 0 saturated heterocycles. The van der Waals surface area contributed by atoms with Gasteiger partial charge in [0.25, 0.3) is 0 Å². The van der Waals surface area contributed by atoms with E-state index in [0.717, 1.165) is 0 Å². The van der Waals surface area contributed by atoms with E-state index >= 15 is 0 Å². The highest BCUT2D eigenvalue weighted by Gasteiger charge is 2.66. The molecular formula is C12H17N. The molecule has 2 atom stereocenters. The highest BCUT2D eigenvalue weighted by Crippen LogP contribution is 2.62. The van der Waals surface area contributed by atoms with Gasteiger partial charge >= 0.3 is 0 Å². The second-order valence-corrected chi connectivity index (χ2v) is 4.77. The standard InChI is InChI=1S/C12H17N/c1-11(2)10(13)12(11,3)9-7-5-4-6-8-9/h4-8,10H,13H2,1-3H3. The minimum Gasteiger partial charge on any atom is -0.326 e. The number of hydrogen-bond acceptors (Lipinski definition) is 1. The van der Waals surface area contributed by atoms with Crippen LogP contribution in [0.15, 0.2) is 30.3 Å². The molecule has 13 heavy (non-hydrogen) atoms. The molecule has 0 bridgehead atoms. The molecule has 0 aliphatic heterocycles. The Kier molecular flexibility index (Phi) is 1.59. The molecule has 0 amide bonds. The van der Waals surface area contributed by atoms with Crippen LogP contribution in [0.5, 0.6) is 0 Å². The Hall–Kier alpha value is -0.820. The first kappa shape index (κ1) is 8.76. The van der Waals surface area contributed by atoms with Gasteiger partial charge in [-0.25, -0.2) is 0 Å². The maximum absolute atomic E-state index is 6.11. The minimum atomic E-state index is 0.175. The average molecular weight is 175 g/mol. The SMILES string of the molecule is CC1(C)C(N)C1(C)c1ccccc1. The van der Waals surface area contributed by atoms with Crippen molar-refractivity contribution in [2.24, 2.45) is 11.1 Å². The third-order valence-electron chi connectivity index (χ3n) is 4.03. The van der Waals surface area contributed by atoms with Gasteiger partial charge in [-0.1, -0.05) is 51.1 Å². The Morgan fingerprint density at radius 3 is 1.92 bits per heavy atom. The maximum Gasteiger partial charge on any atom is 0.0200 e. The van der Waals surface area contributed by atoms with Crippen molar-refractivity contribution in [2.45, 2.75) is 32.2 Å². The van der Waals surface area contributed by atoms with Gasteiger partial charge in [0, 0.05) is 11.5 Å². The molecular weight excluding hydrogens is 158 g/mol. The molecule has 0 heterocycles. The zero-order chi connectivity index (χ0) is 9.69. The third-order valence-corrected chi connectivity index (χ3v) is 4.03. The van der Waals surface area contributed by atoms with E-state index in [1.54, 1.807) is 0 Å². The third kappa shape index (κ3) is 0.910. The van der Waals surface area contributed by atoms with Gasteiger partial charge in [-0.15, -0.1) is 0 Å². The molecule has 1 aliphatic carbocycles. The molecule has 0 spiro atoms. The molecule has 2 rings (SSSR count). The van der Waals surface area contributed by atoms with Crippen molar-refractivity contribution in [3.05, 3.63) is 35.9 Å². The van der Waals surface area contributed by atoms with E-state index in [-0.39, 0.29) is 10.8 Å². The van der Waals surface area contributed by atoms with Crippen LogP contribution in [0.1, 0.15) is 26.3 Å². The predicted molar refractivity (Wildman–Crippen MR) is 55.6 cm³/mol. The van der Waals surface area contributed by atoms with Gasteiger partial charge in [0.05, 0.1) is 0 Å². The van der Waals surface area contributed by atoms with Crippen LogP contribution in [0, 0.1) is 5.41 Å². The van der Waals surface area contributed by atoms with Crippen LogP contribution in [0.2, 0.25) is 0 Å². The van der Waals surface area contributed by atoms with Crippen LogP contribution in [0.25, 0.3) is 0 Å². The number of benzene rings is 1. The van der Waals surface area contributed by atoms with Crippen molar-refractivity contribution >= 4 is 0 Å². The highest BCUT2D eigenvalue weighted by molar-refractivity contribution is 5.41. The smallest absolute Gasteiger partial charge is 0.0200 e. The summed E-state index contributed by atoms with van der Waals surface area (Å²) < 4.78 is 0. The van der Waals surface area contributed by atoms with Crippen LogP contribution < -0.4 is 5.73 Å². The quantitative estimate of drug-likeness (QED) is 0.696. The van der Waals surface area contributed by atoms with Gasteiger partial charge in [-0.3, -0.25) is 0 Å². The van der Waals surface area contributed by atoms with Gasteiger partial charge in [-0.05, 0) is 11.0 Å². The Balaban J connectivity index is 2.40. The Labute approximate surface area is 80.0 Å². The van der Waals surface area contributed by atoms with E-state index in [1.807, 2.05) is 6.07 Å². The molecule has 1 aliphatic rings. The first-order valence-electron chi connectivity index (χ1n) is 4.82.